The lowest BCUT2D eigenvalue weighted by Gasteiger charge is -2.41. The maximum atomic E-state index is 11.6. The van der Waals surface area contributed by atoms with E-state index in [1.54, 1.807) is 17.3 Å². The van der Waals surface area contributed by atoms with E-state index in [1.807, 2.05) is 4.90 Å². The summed E-state index contributed by atoms with van der Waals surface area (Å²) in [5, 5.41) is 9.52. The van der Waals surface area contributed by atoms with Gasteiger partial charge in [0.05, 0.1) is 25.3 Å². The van der Waals surface area contributed by atoms with E-state index in [9.17, 15) is 18.3 Å². The number of hydrogen-bond acceptors (Lipinski definition) is 7. The number of amides is 1. The van der Waals surface area contributed by atoms with Gasteiger partial charge in [0.2, 0.25) is 15.9 Å². The average Bonchev–Trinajstić information content (AvgIpc) is 3.50. The summed E-state index contributed by atoms with van der Waals surface area (Å²) < 4.78 is 30.6. The Morgan fingerprint density at radius 2 is 1.90 bits per heavy atom. The van der Waals surface area contributed by atoms with Crippen LogP contribution in [0.15, 0.2) is 12.4 Å². The monoisotopic (exact) mass is 453 g/mol. The molecule has 2 unspecified atom stereocenters. The van der Waals surface area contributed by atoms with Gasteiger partial charge in [-0.15, -0.1) is 0 Å². The third kappa shape index (κ3) is 5.03. The Hall–Kier alpha value is -2.14. The predicted molar refractivity (Wildman–Crippen MR) is 115 cm³/mol. The molecule has 1 aromatic heterocycles. The van der Waals surface area contributed by atoms with Gasteiger partial charge in [-0.2, -0.15) is 4.31 Å². The van der Waals surface area contributed by atoms with Crippen molar-refractivity contribution >= 4 is 21.9 Å². The van der Waals surface area contributed by atoms with Crippen LogP contribution in [0.25, 0.3) is 0 Å². The average molecular weight is 454 g/mol. The van der Waals surface area contributed by atoms with Crippen LogP contribution in [0.3, 0.4) is 0 Å². The molecule has 1 N–H and O–H groups in total. The van der Waals surface area contributed by atoms with Crippen LogP contribution in [-0.2, 0) is 10.0 Å². The van der Waals surface area contributed by atoms with Crippen molar-refractivity contribution in [2.45, 2.75) is 38.6 Å². The second kappa shape index (κ2) is 8.42. The summed E-state index contributed by atoms with van der Waals surface area (Å²) in [6.45, 7) is 5.25. The smallest absolute Gasteiger partial charge is 0.407 e. The van der Waals surface area contributed by atoms with Crippen molar-refractivity contribution in [3.63, 3.8) is 0 Å². The number of ether oxygens (including phenoxy) is 1. The summed E-state index contributed by atoms with van der Waals surface area (Å²) in [5.74, 6) is 1.45. The SMILES string of the molecule is CC1(C2CC(COc3cnc(N4CCN(S(C)(=O)=O)CC4)cn3)CCN2C(=O)O)CC1. The molecular weight excluding hydrogens is 422 g/mol. The molecule has 2 aliphatic heterocycles. The maximum Gasteiger partial charge on any atom is 0.407 e. The first kappa shape index (κ1) is 22.1. The first-order valence-corrected chi connectivity index (χ1v) is 12.6. The van der Waals surface area contributed by atoms with E-state index < -0.39 is 16.1 Å². The number of hydrogen-bond donors (Lipinski definition) is 1. The molecule has 0 aromatic carbocycles. The van der Waals surface area contributed by atoms with Gasteiger partial charge in [0, 0.05) is 38.8 Å². The van der Waals surface area contributed by atoms with Crippen molar-refractivity contribution in [2.75, 3.05) is 50.5 Å². The number of sulfonamides is 1. The van der Waals surface area contributed by atoms with Crippen molar-refractivity contribution < 1.29 is 23.1 Å². The molecule has 3 fully saturated rings. The molecule has 0 bridgehead atoms. The van der Waals surface area contributed by atoms with Crippen LogP contribution in [-0.4, -0.2) is 90.4 Å². The van der Waals surface area contributed by atoms with Crippen molar-refractivity contribution in [3.8, 4) is 5.88 Å². The molecule has 1 aliphatic carbocycles. The topological polar surface area (TPSA) is 116 Å². The minimum absolute atomic E-state index is 0.0615. The number of carbonyl (C=O) groups is 1. The number of carboxylic acid groups (broad SMARTS) is 1. The Balaban J connectivity index is 1.29. The summed E-state index contributed by atoms with van der Waals surface area (Å²) in [4.78, 5) is 24.0. The van der Waals surface area contributed by atoms with E-state index in [0.717, 1.165) is 25.7 Å². The van der Waals surface area contributed by atoms with Gasteiger partial charge in [-0.1, -0.05) is 6.92 Å². The van der Waals surface area contributed by atoms with Crippen LogP contribution in [0.5, 0.6) is 5.88 Å². The normalized spacial score (nSPS) is 26.5. The quantitative estimate of drug-likeness (QED) is 0.689. The number of anilines is 1. The summed E-state index contributed by atoms with van der Waals surface area (Å²) in [6, 6.07) is 0.0615. The van der Waals surface area contributed by atoms with Gasteiger partial charge in [-0.3, -0.25) is 0 Å². The van der Waals surface area contributed by atoms with Crippen LogP contribution in [0.4, 0.5) is 10.6 Å². The number of rotatable bonds is 6. The molecule has 0 spiro atoms. The largest absolute Gasteiger partial charge is 0.476 e. The highest BCUT2D eigenvalue weighted by Gasteiger charge is 2.50. The van der Waals surface area contributed by atoms with Gasteiger partial charge < -0.3 is 19.6 Å². The molecule has 2 saturated heterocycles. The minimum Gasteiger partial charge on any atom is -0.476 e. The number of piperazine rings is 1. The Kier molecular flexibility index (Phi) is 5.99. The fourth-order valence-corrected chi connectivity index (χ4v) is 5.44. The van der Waals surface area contributed by atoms with Gasteiger partial charge in [0.25, 0.3) is 0 Å². The molecule has 4 rings (SSSR count). The van der Waals surface area contributed by atoms with Gasteiger partial charge in [0.15, 0.2) is 0 Å². The highest BCUT2D eigenvalue weighted by molar-refractivity contribution is 7.88. The molecule has 172 valence electrons. The lowest BCUT2D eigenvalue weighted by molar-refractivity contribution is 0.0483. The summed E-state index contributed by atoms with van der Waals surface area (Å²) in [5.41, 5.74) is 0.111. The van der Waals surface area contributed by atoms with E-state index in [2.05, 4.69) is 16.9 Å². The lowest BCUT2D eigenvalue weighted by Crippen LogP contribution is -2.50. The van der Waals surface area contributed by atoms with E-state index in [4.69, 9.17) is 4.74 Å². The number of nitrogens with zero attached hydrogens (tertiary/aromatic N) is 5. The zero-order chi connectivity index (χ0) is 22.2. The molecule has 1 aromatic rings. The Labute approximate surface area is 183 Å². The van der Waals surface area contributed by atoms with E-state index in [-0.39, 0.29) is 11.5 Å². The number of aromatic nitrogens is 2. The molecule has 0 radical (unpaired) electrons. The standard InChI is InChI=1S/C20H31N5O5S/c1-20(4-5-20)16-11-15(3-6-25(16)19(26)27)14-30-18-13-21-17(12-22-18)23-7-9-24(10-8-23)31(2,28)29/h12-13,15-16H,3-11,14H2,1-2H3,(H,26,27). The molecule has 10 nitrogen and oxygen atoms in total. The summed E-state index contributed by atoms with van der Waals surface area (Å²) in [6.07, 6.45) is 7.44. The van der Waals surface area contributed by atoms with E-state index in [0.29, 0.717) is 56.9 Å². The van der Waals surface area contributed by atoms with Crippen molar-refractivity contribution in [2.24, 2.45) is 11.3 Å². The van der Waals surface area contributed by atoms with Crippen LogP contribution in [0, 0.1) is 11.3 Å². The van der Waals surface area contributed by atoms with Crippen molar-refractivity contribution in [1.82, 2.24) is 19.2 Å². The van der Waals surface area contributed by atoms with Crippen molar-refractivity contribution in [3.05, 3.63) is 12.4 Å². The summed E-state index contributed by atoms with van der Waals surface area (Å²) in [7, 11) is -3.16. The predicted octanol–water partition coefficient (Wildman–Crippen LogP) is 1.50. The second-order valence-electron chi connectivity index (χ2n) is 9.21. The Morgan fingerprint density at radius 3 is 2.45 bits per heavy atom. The van der Waals surface area contributed by atoms with E-state index in [1.165, 1.54) is 10.6 Å². The van der Waals surface area contributed by atoms with Crippen LogP contribution >= 0.6 is 0 Å². The zero-order valence-corrected chi connectivity index (χ0v) is 18.9. The molecule has 1 saturated carbocycles. The lowest BCUT2D eigenvalue weighted by atomic mass is 9.83. The number of likely N-dealkylation sites (tertiary alicyclic amines) is 1. The second-order valence-corrected chi connectivity index (χ2v) is 11.2. The van der Waals surface area contributed by atoms with Gasteiger partial charge in [-0.05, 0) is 37.0 Å². The zero-order valence-electron chi connectivity index (χ0n) is 18.1. The number of piperidine rings is 1. The van der Waals surface area contributed by atoms with Crippen molar-refractivity contribution in [1.29, 1.82) is 0 Å². The van der Waals surface area contributed by atoms with Gasteiger partial charge >= 0.3 is 6.09 Å². The first-order valence-electron chi connectivity index (χ1n) is 10.8. The summed E-state index contributed by atoms with van der Waals surface area (Å²) >= 11 is 0. The Morgan fingerprint density at radius 1 is 1.19 bits per heavy atom. The fraction of sp³-hybridized carbons (Fsp3) is 0.750. The highest BCUT2D eigenvalue weighted by atomic mass is 32.2. The third-order valence-electron chi connectivity index (χ3n) is 6.91. The van der Waals surface area contributed by atoms with Crippen LogP contribution < -0.4 is 9.64 Å². The molecule has 1 amide bonds. The highest BCUT2D eigenvalue weighted by Crippen LogP contribution is 2.53. The first-order chi connectivity index (χ1) is 14.7. The maximum absolute atomic E-state index is 11.6. The van der Waals surface area contributed by atoms with Gasteiger partial charge in [0.1, 0.15) is 5.82 Å². The van der Waals surface area contributed by atoms with Gasteiger partial charge in [-0.25, -0.2) is 23.2 Å². The minimum atomic E-state index is -3.16. The molecule has 31 heavy (non-hydrogen) atoms. The molecule has 3 aliphatic rings. The van der Waals surface area contributed by atoms with Crippen LogP contribution in [0.2, 0.25) is 0 Å². The molecule has 11 heteroatoms. The molecule has 2 atom stereocenters. The Bertz CT molecular complexity index is 897. The molecule has 3 heterocycles. The van der Waals surface area contributed by atoms with E-state index >= 15 is 0 Å². The fourth-order valence-electron chi connectivity index (χ4n) is 4.61. The molecular formula is C20H31N5O5S. The van der Waals surface area contributed by atoms with Crippen LogP contribution in [0.1, 0.15) is 32.6 Å². The third-order valence-corrected chi connectivity index (χ3v) is 8.22.